The molecule has 0 aliphatic heterocycles. The average Bonchev–Trinajstić information content (AvgIpc) is 3.32. The van der Waals surface area contributed by atoms with Gasteiger partial charge >= 0.3 is 5.97 Å². The van der Waals surface area contributed by atoms with Crippen LogP contribution in [0.15, 0.2) is 84.9 Å². The molecule has 4 aromatic carbocycles. The fraction of sp³-hybridized carbons (Fsp3) is 0.0690. The molecule has 170 valence electrons. The Morgan fingerprint density at radius 1 is 1.00 bits per heavy atom. The van der Waals surface area contributed by atoms with E-state index < -0.39 is 5.97 Å². The summed E-state index contributed by atoms with van der Waals surface area (Å²) in [5, 5.41) is 12.2. The Morgan fingerprint density at radius 3 is 2.63 bits per heavy atom. The van der Waals surface area contributed by atoms with Gasteiger partial charge in [0.25, 0.3) is 0 Å². The topological polar surface area (TPSA) is 72.2 Å². The van der Waals surface area contributed by atoms with E-state index in [1.807, 2.05) is 67.6 Å². The molecule has 5 aromatic rings. The third kappa shape index (κ3) is 4.63. The summed E-state index contributed by atoms with van der Waals surface area (Å²) < 4.78 is 12.5. The number of nitrogens with zero attached hydrogens (tertiary/aromatic N) is 2. The van der Waals surface area contributed by atoms with Crippen molar-refractivity contribution in [3.8, 4) is 17.6 Å². The molecule has 0 fully saturated rings. The number of carbonyl (C=O) groups excluding carboxylic acids is 1. The van der Waals surface area contributed by atoms with E-state index in [9.17, 15) is 10.1 Å². The van der Waals surface area contributed by atoms with Crippen LogP contribution in [0.4, 0.5) is 0 Å². The third-order valence-corrected chi connectivity index (χ3v) is 6.51. The Morgan fingerprint density at radius 2 is 1.80 bits per heavy atom. The normalized spacial score (nSPS) is 11.4. The average molecular weight is 477 g/mol. The van der Waals surface area contributed by atoms with Gasteiger partial charge in [-0.2, -0.15) is 5.26 Å². The molecule has 0 saturated carbocycles. The minimum absolute atomic E-state index is 0.320. The van der Waals surface area contributed by atoms with E-state index in [2.05, 4.69) is 11.1 Å². The van der Waals surface area contributed by atoms with Gasteiger partial charge in [0.2, 0.25) is 0 Å². The zero-order chi connectivity index (χ0) is 24.2. The molecule has 35 heavy (non-hydrogen) atoms. The zero-order valence-corrected chi connectivity index (χ0v) is 19.7. The van der Waals surface area contributed by atoms with Crippen molar-refractivity contribution in [3.63, 3.8) is 0 Å². The van der Waals surface area contributed by atoms with Crippen LogP contribution in [0.3, 0.4) is 0 Å². The first-order valence-electron chi connectivity index (χ1n) is 11.1. The van der Waals surface area contributed by atoms with Crippen LogP contribution in [-0.4, -0.2) is 17.6 Å². The predicted molar refractivity (Wildman–Crippen MR) is 140 cm³/mol. The number of allylic oxidation sites excluding steroid dienone is 1. The number of nitriles is 1. The van der Waals surface area contributed by atoms with Gasteiger partial charge in [0.15, 0.2) is 11.5 Å². The molecule has 0 N–H and O–H groups in total. The third-order valence-electron chi connectivity index (χ3n) is 5.44. The molecule has 0 unspecified atom stereocenters. The summed E-state index contributed by atoms with van der Waals surface area (Å²) in [5.41, 5.74) is 2.54. The maximum atomic E-state index is 13.0. The van der Waals surface area contributed by atoms with Crippen molar-refractivity contribution in [2.45, 2.75) is 6.92 Å². The van der Waals surface area contributed by atoms with Gasteiger partial charge in [0.1, 0.15) is 11.1 Å². The summed E-state index contributed by atoms with van der Waals surface area (Å²) >= 11 is 1.47. The maximum Gasteiger partial charge on any atom is 0.344 e. The van der Waals surface area contributed by atoms with Gasteiger partial charge in [-0.05, 0) is 59.7 Å². The summed E-state index contributed by atoms with van der Waals surface area (Å²) in [4.78, 5) is 17.6. The van der Waals surface area contributed by atoms with Crippen LogP contribution < -0.4 is 9.47 Å². The molecule has 0 bridgehead atoms. The summed E-state index contributed by atoms with van der Waals surface area (Å²) in [6.07, 6.45) is 1.76. The maximum absolute atomic E-state index is 13.0. The van der Waals surface area contributed by atoms with Crippen molar-refractivity contribution < 1.29 is 14.3 Å². The van der Waals surface area contributed by atoms with Crippen molar-refractivity contribution in [2.75, 3.05) is 6.61 Å². The number of para-hydroxylation sites is 1. The predicted octanol–water partition coefficient (Wildman–Crippen LogP) is 7.13. The lowest BCUT2D eigenvalue weighted by Crippen LogP contribution is -2.10. The SMILES string of the molecule is CCOc1cc(/C=C(\C#N)c2nc3ccccc3s2)ccc1OC(=O)c1cccc2ccccc12. The van der Waals surface area contributed by atoms with Gasteiger partial charge < -0.3 is 9.47 Å². The highest BCUT2D eigenvalue weighted by atomic mass is 32.1. The van der Waals surface area contributed by atoms with E-state index in [1.54, 1.807) is 30.3 Å². The number of fused-ring (bicyclic) bond motifs is 2. The van der Waals surface area contributed by atoms with Crippen LogP contribution in [-0.2, 0) is 0 Å². The summed E-state index contributed by atoms with van der Waals surface area (Å²) in [6.45, 7) is 2.26. The second kappa shape index (κ2) is 9.80. The molecule has 5 rings (SSSR count). The molecule has 0 saturated heterocycles. The number of hydrogen-bond donors (Lipinski definition) is 0. The van der Waals surface area contributed by atoms with Gasteiger partial charge in [-0.25, -0.2) is 9.78 Å². The number of rotatable bonds is 6. The van der Waals surface area contributed by atoms with Crippen LogP contribution in [0, 0.1) is 11.3 Å². The molecule has 0 atom stereocenters. The Bertz CT molecular complexity index is 1590. The first-order chi connectivity index (χ1) is 17.2. The molecule has 0 amide bonds. The van der Waals surface area contributed by atoms with E-state index >= 15 is 0 Å². The molecule has 1 heterocycles. The van der Waals surface area contributed by atoms with Crippen molar-refractivity contribution in [2.24, 2.45) is 0 Å². The number of esters is 1. The van der Waals surface area contributed by atoms with Crippen LogP contribution in [0.5, 0.6) is 11.5 Å². The summed E-state index contributed by atoms with van der Waals surface area (Å²) in [7, 11) is 0. The van der Waals surface area contributed by atoms with Crippen LogP contribution in [0.2, 0.25) is 0 Å². The quantitative estimate of drug-likeness (QED) is 0.148. The second-order valence-electron chi connectivity index (χ2n) is 7.71. The highest BCUT2D eigenvalue weighted by Gasteiger charge is 2.16. The molecule has 0 aliphatic carbocycles. The summed E-state index contributed by atoms with van der Waals surface area (Å²) in [5.74, 6) is 0.287. The van der Waals surface area contributed by atoms with Crippen LogP contribution in [0.25, 0.3) is 32.6 Å². The number of thiazole rings is 1. The number of ether oxygens (including phenoxy) is 2. The molecular formula is C29H20N2O3S. The van der Waals surface area contributed by atoms with Crippen LogP contribution in [0.1, 0.15) is 27.9 Å². The van der Waals surface area contributed by atoms with E-state index in [0.717, 1.165) is 26.6 Å². The fourth-order valence-electron chi connectivity index (χ4n) is 3.82. The molecule has 6 heteroatoms. The van der Waals surface area contributed by atoms with Crippen molar-refractivity contribution in [3.05, 3.63) is 101 Å². The fourth-order valence-corrected chi connectivity index (χ4v) is 4.75. The van der Waals surface area contributed by atoms with E-state index in [0.29, 0.717) is 34.3 Å². The smallest absolute Gasteiger partial charge is 0.344 e. The van der Waals surface area contributed by atoms with Crippen molar-refractivity contribution in [1.29, 1.82) is 5.26 Å². The summed E-state index contributed by atoms with van der Waals surface area (Å²) in [6, 6.07) is 28.5. The first kappa shape index (κ1) is 22.3. The molecule has 5 nitrogen and oxygen atoms in total. The standard InChI is InChI=1S/C29H20N2O3S/c1-2-33-26-17-19(16-21(18-30)28-31-24-12-5-6-13-27(24)35-28)14-15-25(26)34-29(32)23-11-7-9-20-8-3-4-10-22(20)23/h3-17H,2H2,1H3/b21-16+. The molecule has 1 aromatic heterocycles. The lowest BCUT2D eigenvalue weighted by Gasteiger charge is -2.12. The minimum Gasteiger partial charge on any atom is -0.490 e. The largest absolute Gasteiger partial charge is 0.490 e. The Balaban J connectivity index is 1.46. The van der Waals surface area contributed by atoms with Crippen LogP contribution >= 0.6 is 11.3 Å². The highest BCUT2D eigenvalue weighted by molar-refractivity contribution is 7.19. The molecular weight excluding hydrogens is 456 g/mol. The van der Waals surface area contributed by atoms with Gasteiger partial charge in [0.05, 0.1) is 28.0 Å². The van der Waals surface area contributed by atoms with Gasteiger partial charge in [-0.3, -0.25) is 0 Å². The lowest BCUT2D eigenvalue weighted by molar-refractivity contribution is 0.0730. The second-order valence-corrected chi connectivity index (χ2v) is 8.74. The Labute approximate surface area is 206 Å². The minimum atomic E-state index is -0.460. The number of aromatic nitrogens is 1. The monoisotopic (exact) mass is 476 g/mol. The van der Waals surface area contributed by atoms with Crippen molar-refractivity contribution in [1.82, 2.24) is 4.98 Å². The number of benzene rings is 4. The van der Waals surface area contributed by atoms with Crippen molar-refractivity contribution >= 4 is 49.9 Å². The van der Waals surface area contributed by atoms with E-state index in [-0.39, 0.29) is 0 Å². The Kier molecular flexibility index (Phi) is 6.25. The lowest BCUT2D eigenvalue weighted by atomic mass is 10.0. The van der Waals surface area contributed by atoms with Gasteiger partial charge in [0, 0.05) is 0 Å². The van der Waals surface area contributed by atoms with Gasteiger partial charge in [-0.15, -0.1) is 11.3 Å². The van der Waals surface area contributed by atoms with E-state index in [1.165, 1.54) is 11.3 Å². The van der Waals surface area contributed by atoms with Gasteiger partial charge in [-0.1, -0.05) is 54.6 Å². The molecule has 0 radical (unpaired) electrons. The highest BCUT2D eigenvalue weighted by Crippen LogP contribution is 2.33. The Hall–Kier alpha value is -4.47. The number of hydrogen-bond acceptors (Lipinski definition) is 6. The molecule has 0 spiro atoms. The van der Waals surface area contributed by atoms with E-state index in [4.69, 9.17) is 9.47 Å². The zero-order valence-electron chi connectivity index (χ0n) is 18.9. The number of carbonyl (C=O) groups is 1. The first-order valence-corrected chi connectivity index (χ1v) is 11.9. The molecule has 0 aliphatic rings.